The maximum Gasteiger partial charge on any atom is 0.340 e. The first-order valence-corrected chi connectivity index (χ1v) is 4.79. The van der Waals surface area contributed by atoms with Gasteiger partial charge in [0.2, 0.25) is 0 Å². The van der Waals surface area contributed by atoms with E-state index in [1.54, 1.807) is 42.3 Å². The molecule has 0 bridgehead atoms. The number of rotatable bonds is 3. The van der Waals surface area contributed by atoms with Gasteiger partial charge in [-0.3, -0.25) is 9.48 Å². The molecule has 5 heteroatoms. The molecule has 2 aromatic rings. The standard InChI is InChI=1S/C11H11N3O2/c1-8(15)9-4-3-5-10(6-9)16-11-12-7-14(2)13-11/h3-7H,1-2H3. The Kier molecular flexibility index (Phi) is 2.68. The molecule has 0 spiro atoms. The Morgan fingerprint density at radius 3 is 2.88 bits per heavy atom. The normalized spacial score (nSPS) is 10.1. The van der Waals surface area contributed by atoms with Gasteiger partial charge in [0.15, 0.2) is 5.78 Å². The van der Waals surface area contributed by atoms with Crippen LogP contribution in [0.15, 0.2) is 30.6 Å². The summed E-state index contributed by atoms with van der Waals surface area (Å²) in [6.07, 6.45) is 1.55. The Hall–Kier alpha value is -2.17. The van der Waals surface area contributed by atoms with E-state index in [1.807, 2.05) is 0 Å². The van der Waals surface area contributed by atoms with Crippen LogP contribution in [-0.2, 0) is 7.05 Å². The average Bonchev–Trinajstić information content (AvgIpc) is 2.64. The van der Waals surface area contributed by atoms with E-state index in [0.29, 0.717) is 11.3 Å². The van der Waals surface area contributed by atoms with E-state index in [2.05, 4.69) is 10.1 Å². The fraction of sp³-hybridized carbons (Fsp3) is 0.182. The molecule has 5 nitrogen and oxygen atoms in total. The lowest BCUT2D eigenvalue weighted by atomic mass is 10.1. The third kappa shape index (κ3) is 2.25. The van der Waals surface area contributed by atoms with Crippen molar-refractivity contribution in [1.82, 2.24) is 14.8 Å². The van der Waals surface area contributed by atoms with Crippen LogP contribution in [0.25, 0.3) is 0 Å². The molecule has 0 saturated carbocycles. The van der Waals surface area contributed by atoms with Crippen molar-refractivity contribution in [2.24, 2.45) is 7.05 Å². The Morgan fingerprint density at radius 2 is 2.25 bits per heavy atom. The van der Waals surface area contributed by atoms with Gasteiger partial charge >= 0.3 is 6.01 Å². The second-order valence-corrected chi connectivity index (χ2v) is 3.39. The molecule has 0 N–H and O–H groups in total. The fourth-order valence-corrected chi connectivity index (χ4v) is 1.25. The quantitative estimate of drug-likeness (QED) is 0.736. The van der Waals surface area contributed by atoms with Crippen molar-refractivity contribution in [2.75, 3.05) is 0 Å². The van der Waals surface area contributed by atoms with Crippen molar-refractivity contribution >= 4 is 5.78 Å². The molecule has 0 amide bonds. The summed E-state index contributed by atoms with van der Waals surface area (Å²) in [5, 5.41) is 3.98. The van der Waals surface area contributed by atoms with Crippen molar-refractivity contribution in [2.45, 2.75) is 6.92 Å². The molecule has 1 heterocycles. The van der Waals surface area contributed by atoms with E-state index in [1.165, 1.54) is 6.92 Å². The number of hydrogen-bond acceptors (Lipinski definition) is 4. The van der Waals surface area contributed by atoms with Crippen LogP contribution < -0.4 is 4.74 Å². The van der Waals surface area contributed by atoms with Crippen LogP contribution in [-0.4, -0.2) is 20.5 Å². The Labute approximate surface area is 92.7 Å². The summed E-state index contributed by atoms with van der Waals surface area (Å²) in [7, 11) is 1.76. The van der Waals surface area contributed by atoms with Gasteiger partial charge in [-0.25, -0.2) is 0 Å². The van der Waals surface area contributed by atoms with Crippen LogP contribution in [0.5, 0.6) is 11.8 Å². The zero-order chi connectivity index (χ0) is 11.5. The summed E-state index contributed by atoms with van der Waals surface area (Å²) in [4.78, 5) is 15.1. The third-order valence-corrected chi connectivity index (χ3v) is 2.03. The van der Waals surface area contributed by atoms with Gasteiger partial charge in [0.05, 0.1) is 0 Å². The fourth-order valence-electron chi connectivity index (χ4n) is 1.25. The summed E-state index contributed by atoms with van der Waals surface area (Å²) >= 11 is 0. The van der Waals surface area contributed by atoms with E-state index in [-0.39, 0.29) is 11.8 Å². The zero-order valence-corrected chi connectivity index (χ0v) is 9.04. The van der Waals surface area contributed by atoms with Gasteiger partial charge in [-0.1, -0.05) is 12.1 Å². The molecule has 0 saturated heterocycles. The molecule has 0 radical (unpaired) electrons. The average molecular weight is 217 g/mol. The van der Waals surface area contributed by atoms with Crippen molar-refractivity contribution in [3.05, 3.63) is 36.2 Å². The first-order valence-electron chi connectivity index (χ1n) is 4.79. The molecule has 0 aliphatic heterocycles. The van der Waals surface area contributed by atoms with Crippen LogP contribution in [0.2, 0.25) is 0 Å². The lowest BCUT2D eigenvalue weighted by Crippen LogP contribution is -1.94. The molecule has 1 aromatic carbocycles. The molecule has 0 atom stereocenters. The highest BCUT2D eigenvalue weighted by Gasteiger charge is 2.04. The second-order valence-electron chi connectivity index (χ2n) is 3.39. The summed E-state index contributed by atoms with van der Waals surface area (Å²) < 4.78 is 6.94. The predicted molar refractivity (Wildman–Crippen MR) is 57.5 cm³/mol. The molecule has 82 valence electrons. The van der Waals surface area contributed by atoms with Gasteiger partial charge < -0.3 is 4.74 Å². The van der Waals surface area contributed by atoms with E-state index >= 15 is 0 Å². The van der Waals surface area contributed by atoms with Gasteiger partial charge in [0.1, 0.15) is 12.1 Å². The van der Waals surface area contributed by atoms with Gasteiger partial charge in [-0.2, -0.15) is 4.98 Å². The number of Topliss-reactive ketones (excluding diaryl/α,β-unsaturated/α-hetero) is 1. The lowest BCUT2D eigenvalue weighted by Gasteiger charge is -2.01. The Balaban J connectivity index is 2.21. The Bertz CT molecular complexity index is 519. The third-order valence-electron chi connectivity index (χ3n) is 2.03. The van der Waals surface area contributed by atoms with Gasteiger partial charge in [-0.05, 0) is 19.1 Å². The largest absolute Gasteiger partial charge is 0.423 e. The number of nitrogens with zero attached hydrogens (tertiary/aromatic N) is 3. The first kappa shape index (κ1) is 10.4. The first-order chi connectivity index (χ1) is 7.65. The number of carbonyl (C=O) groups is 1. The number of ketones is 1. The van der Waals surface area contributed by atoms with E-state index < -0.39 is 0 Å². The summed E-state index contributed by atoms with van der Waals surface area (Å²) in [6.45, 7) is 1.51. The van der Waals surface area contributed by atoms with Gasteiger partial charge in [-0.15, -0.1) is 5.10 Å². The topological polar surface area (TPSA) is 57.0 Å². The molecule has 16 heavy (non-hydrogen) atoms. The molecular weight excluding hydrogens is 206 g/mol. The smallest absolute Gasteiger partial charge is 0.340 e. The van der Waals surface area contributed by atoms with Crippen molar-refractivity contribution in [1.29, 1.82) is 0 Å². The van der Waals surface area contributed by atoms with Gasteiger partial charge in [0.25, 0.3) is 0 Å². The van der Waals surface area contributed by atoms with Crippen molar-refractivity contribution in [3.8, 4) is 11.8 Å². The number of benzene rings is 1. The van der Waals surface area contributed by atoms with Crippen LogP contribution in [0.1, 0.15) is 17.3 Å². The Morgan fingerprint density at radius 1 is 1.44 bits per heavy atom. The lowest BCUT2D eigenvalue weighted by molar-refractivity contribution is 0.101. The zero-order valence-electron chi connectivity index (χ0n) is 9.04. The summed E-state index contributed by atoms with van der Waals surface area (Å²) in [5.74, 6) is 0.554. The van der Waals surface area contributed by atoms with E-state index in [9.17, 15) is 4.79 Å². The van der Waals surface area contributed by atoms with Crippen molar-refractivity contribution in [3.63, 3.8) is 0 Å². The van der Waals surface area contributed by atoms with Crippen LogP contribution in [0.4, 0.5) is 0 Å². The molecule has 0 fully saturated rings. The molecule has 1 aromatic heterocycles. The second kappa shape index (κ2) is 4.14. The number of ether oxygens (including phenoxy) is 1. The number of hydrogen-bond donors (Lipinski definition) is 0. The highest BCUT2D eigenvalue weighted by atomic mass is 16.5. The molecule has 0 unspecified atom stereocenters. The summed E-state index contributed by atoms with van der Waals surface area (Å²) in [5.41, 5.74) is 0.605. The molecular formula is C11H11N3O2. The van der Waals surface area contributed by atoms with Crippen LogP contribution in [0.3, 0.4) is 0 Å². The maximum atomic E-state index is 11.2. The number of aryl methyl sites for hydroxylation is 1. The maximum absolute atomic E-state index is 11.2. The van der Waals surface area contributed by atoms with Crippen LogP contribution in [0, 0.1) is 0 Å². The minimum absolute atomic E-state index is 0.000528. The molecule has 2 rings (SSSR count). The van der Waals surface area contributed by atoms with Crippen molar-refractivity contribution < 1.29 is 9.53 Å². The SMILES string of the molecule is CC(=O)c1cccc(Oc2ncn(C)n2)c1. The highest BCUT2D eigenvalue weighted by molar-refractivity contribution is 5.94. The number of aromatic nitrogens is 3. The summed E-state index contributed by atoms with van der Waals surface area (Å²) in [6, 6.07) is 7.18. The van der Waals surface area contributed by atoms with Gasteiger partial charge in [0, 0.05) is 12.6 Å². The molecule has 0 aliphatic carbocycles. The highest BCUT2D eigenvalue weighted by Crippen LogP contribution is 2.18. The van der Waals surface area contributed by atoms with E-state index in [4.69, 9.17) is 4.74 Å². The minimum Gasteiger partial charge on any atom is -0.423 e. The van der Waals surface area contributed by atoms with E-state index in [0.717, 1.165) is 0 Å². The van der Waals surface area contributed by atoms with Crippen LogP contribution >= 0.6 is 0 Å². The number of carbonyl (C=O) groups excluding carboxylic acids is 1. The predicted octanol–water partition coefficient (Wildman–Crippen LogP) is 1.81. The minimum atomic E-state index is -0.000528. The monoisotopic (exact) mass is 217 g/mol. The molecule has 0 aliphatic rings.